The van der Waals surface area contributed by atoms with E-state index in [9.17, 15) is 4.79 Å². The van der Waals surface area contributed by atoms with Crippen molar-refractivity contribution in [2.45, 2.75) is 0 Å². The summed E-state index contributed by atoms with van der Waals surface area (Å²) < 4.78 is 4.35. The van der Waals surface area contributed by atoms with Gasteiger partial charge in [0.1, 0.15) is 0 Å². The van der Waals surface area contributed by atoms with Crippen LogP contribution in [0.5, 0.6) is 0 Å². The van der Waals surface area contributed by atoms with Crippen LogP contribution in [-0.4, -0.2) is 11.3 Å². The minimum atomic E-state index is -0.996. The maximum Gasteiger partial charge on any atom is 0.410 e. The maximum atomic E-state index is 10.2. The molecule has 0 fully saturated rings. The first-order valence-electron chi connectivity index (χ1n) is 3.21. The maximum absolute atomic E-state index is 10.2. The Labute approximate surface area is 74.4 Å². The molecule has 0 aromatic heterocycles. The zero-order chi connectivity index (χ0) is 8.97. The number of hydrogen-bond donors (Lipinski definition) is 1. The second-order valence-corrected chi connectivity index (χ2v) is 2.34. The molecule has 1 aromatic carbocycles. The number of benzene rings is 1. The molecule has 3 nitrogen and oxygen atoms in total. The van der Waals surface area contributed by atoms with Crippen LogP contribution < -0.4 is 0 Å². The molecular weight excluding hydrogens is 178 g/mol. The minimum absolute atomic E-state index is 0.240. The first-order valence-corrected chi connectivity index (χ1v) is 3.59. The average molecular weight is 184 g/mol. The third kappa shape index (κ3) is 2.36. The molecule has 0 unspecified atom stereocenters. The van der Waals surface area contributed by atoms with E-state index in [2.05, 4.69) is 4.74 Å². The highest BCUT2D eigenvalue weighted by atomic mass is 35.5. The second-order valence-electron chi connectivity index (χ2n) is 2.03. The van der Waals surface area contributed by atoms with Crippen LogP contribution >= 0.6 is 11.6 Å². The summed E-state index contributed by atoms with van der Waals surface area (Å²) in [5, 5.41) is 7.23. The zero-order valence-corrected chi connectivity index (χ0v) is 6.84. The molecule has 1 rings (SSSR count). The van der Waals surface area contributed by atoms with E-state index >= 15 is 0 Å². The molecule has 0 spiro atoms. The van der Waals surface area contributed by atoms with Crippen molar-refractivity contribution >= 4 is 22.9 Å². The molecule has 1 aromatic rings. The smallest absolute Gasteiger partial charge is 0.395 e. The van der Waals surface area contributed by atoms with Gasteiger partial charge in [0.05, 0.1) is 0 Å². The van der Waals surface area contributed by atoms with Gasteiger partial charge in [-0.3, -0.25) is 5.41 Å². The fourth-order valence-electron chi connectivity index (χ4n) is 0.729. The molecule has 0 bridgehead atoms. The van der Waals surface area contributed by atoms with Crippen molar-refractivity contribution in [2.75, 3.05) is 0 Å². The first kappa shape index (κ1) is 8.74. The number of rotatable bonds is 1. The third-order valence-electron chi connectivity index (χ3n) is 1.22. The number of halogens is 1. The van der Waals surface area contributed by atoms with Crippen molar-refractivity contribution in [2.24, 2.45) is 0 Å². The lowest BCUT2D eigenvalue weighted by Crippen LogP contribution is -2.06. The lowest BCUT2D eigenvalue weighted by Gasteiger charge is -2.00. The average Bonchev–Trinajstić information content (AvgIpc) is 2.05. The van der Waals surface area contributed by atoms with Gasteiger partial charge in [-0.25, -0.2) is 4.79 Å². The van der Waals surface area contributed by atoms with E-state index in [-0.39, 0.29) is 5.90 Å². The van der Waals surface area contributed by atoms with Crippen molar-refractivity contribution < 1.29 is 9.53 Å². The van der Waals surface area contributed by atoms with E-state index in [4.69, 9.17) is 17.0 Å². The van der Waals surface area contributed by atoms with Gasteiger partial charge in [-0.15, -0.1) is 0 Å². The molecule has 0 radical (unpaired) electrons. The zero-order valence-electron chi connectivity index (χ0n) is 6.08. The molecular formula is C8H6ClNO2. The van der Waals surface area contributed by atoms with E-state index in [0.717, 1.165) is 0 Å². The minimum Gasteiger partial charge on any atom is -0.395 e. The van der Waals surface area contributed by atoms with Crippen LogP contribution in [-0.2, 0) is 4.74 Å². The summed E-state index contributed by atoms with van der Waals surface area (Å²) in [6.45, 7) is 0. The fraction of sp³-hybridized carbons (Fsp3) is 0. The lowest BCUT2D eigenvalue weighted by molar-refractivity contribution is 0.223. The molecule has 12 heavy (non-hydrogen) atoms. The van der Waals surface area contributed by atoms with Gasteiger partial charge in [-0.1, -0.05) is 18.2 Å². The summed E-state index contributed by atoms with van der Waals surface area (Å²) >= 11 is 4.92. The van der Waals surface area contributed by atoms with E-state index in [1.165, 1.54) is 0 Å². The van der Waals surface area contributed by atoms with Crippen LogP contribution in [0.25, 0.3) is 0 Å². The van der Waals surface area contributed by atoms with E-state index in [1.54, 1.807) is 30.3 Å². The fourth-order valence-corrected chi connectivity index (χ4v) is 0.806. The summed E-state index contributed by atoms with van der Waals surface area (Å²) in [5.74, 6) is -0.240. The van der Waals surface area contributed by atoms with Crippen molar-refractivity contribution in [3.05, 3.63) is 35.9 Å². The van der Waals surface area contributed by atoms with Gasteiger partial charge in [-0.2, -0.15) is 0 Å². The Balaban J connectivity index is 2.73. The highest BCUT2D eigenvalue weighted by Crippen LogP contribution is 2.02. The summed E-state index contributed by atoms with van der Waals surface area (Å²) in [5.41, 5.74) is -0.477. The van der Waals surface area contributed by atoms with Gasteiger partial charge >= 0.3 is 5.43 Å². The quantitative estimate of drug-likeness (QED) is 0.413. The van der Waals surface area contributed by atoms with Crippen LogP contribution in [0.15, 0.2) is 30.3 Å². The number of ether oxygens (including phenoxy) is 1. The number of carbonyl (C=O) groups is 1. The molecule has 0 atom stereocenters. The summed E-state index contributed by atoms with van der Waals surface area (Å²) in [6.07, 6.45) is 0. The Morgan fingerprint density at radius 2 is 1.92 bits per heavy atom. The van der Waals surface area contributed by atoms with Crippen molar-refractivity contribution in [1.29, 1.82) is 5.41 Å². The van der Waals surface area contributed by atoms with E-state index in [1.807, 2.05) is 0 Å². The standard InChI is InChI=1S/C8H6ClNO2/c9-8(11)12-7(10)6-4-2-1-3-5-6/h1-5,10H. The molecule has 62 valence electrons. The molecule has 0 aliphatic rings. The van der Waals surface area contributed by atoms with E-state index < -0.39 is 5.43 Å². The van der Waals surface area contributed by atoms with Gasteiger partial charge in [-0.05, 0) is 12.1 Å². The normalized spacial score (nSPS) is 9.08. The first-order chi connectivity index (χ1) is 5.70. The van der Waals surface area contributed by atoms with Gasteiger partial charge in [0, 0.05) is 17.2 Å². The highest BCUT2D eigenvalue weighted by Gasteiger charge is 2.04. The van der Waals surface area contributed by atoms with Gasteiger partial charge in [0.25, 0.3) is 0 Å². The van der Waals surface area contributed by atoms with Gasteiger partial charge in [0.2, 0.25) is 5.90 Å². The summed E-state index contributed by atoms with van der Waals surface area (Å²) in [4.78, 5) is 10.2. The van der Waals surface area contributed by atoms with Crippen LogP contribution in [0, 0.1) is 5.41 Å². The highest BCUT2D eigenvalue weighted by molar-refractivity contribution is 6.62. The largest absolute Gasteiger partial charge is 0.410 e. The molecule has 0 saturated heterocycles. The van der Waals surface area contributed by atoms with E-state index in [0.29, 0.717) is 5.56 Å². The van der Waals surface area contributed by atoms with Crippen LogP contribution in [0.1, 0.15) is 5.56 Å². The topological polar surface area (TPSA) is 50.1 Å². The number of carbonyl (C=O) groups excluding carboxylic acids is 1. The van der Waals surface area contributed by atoms with Crippen molar-refractivity contribution in [3.8, 4) is 0 Å². The SMILES string of the molecule is N=C(OC(=O)Cl)c1ccccc1. The Morgan fingerprint density at radius 3 is 2.42 bits per heavy atom. The summed E-state index contributed by atoms with van der Waals surface area (Å²) in [7, 11) is 0. The predicted molar refractivity (Wildman–Crippen MR) is 45.6 cm³/mol. The van der Waals surface area contributed by atoms with Crippen LogP contribution in [0.3, 0.4) is 0 Å². The molecule has 0 saturated carbocycles. The Bertz CT molecular complexity index is 297. The molecule has 0 aliphatic carbocycles. The molecule has 0 heterocycles. The Kier molecular flexibility index (Phi) is 2.82. The predicted octanol–water partition coefficient (Wildman–Crippen LogP) is 2.39. The van der Waals surface area contributed by atoms with Crippen LogP contribution in [0.4, 0.5) is 4.79 Å². The van der Waals surface area contributed by atoms with Crippen LogP contribution in [0.2, 0.25) is 0 Å². The lowest BCUT2D eigenvalue weighted by atomic mass is 10.2. The monoisotopic (exact) mass is 183 g/mol. The third-order valence-corrected chi connectivity index (χ3v) is 1.30. The number of nitrogens with one attached hydrogen (secondary N) is 1. The molecule has 4 heteroatoms. The second kappa shape index (κ2) is 3.88. The molecule has 0 aliphatic heterocycles. The molecule has 1 N–H and O–H groups in total. The van der Waals surface area contributed by atoms with Gasteiger partial charge in [0.15, 0.2) is 0 Å². The van der Waals surface area contributed by atoms with Crippen molar-refractivity contribution in [1.82, 2.24) is 0 Å². The molecule has 0 amide bonds. The summed E-state index contributed by atoms with van der Waals surface area (Å²) in [6, 6.07) is 8.60. The Hall–Kier alpha value is -1.35. The van der Waals surface area contributed by atoms with Crippen molar-refractivity contribution in [3.63, 3.8) is 0 Å². The number of hydrogen-bond acceptors (Lipinski definition) is 3. The van der Waals surface area contributed by atoms with Gasteiger partial charge < -0.3 is 4.74 Å². The Morgan fingerprint density at radius 1 is 1.33 bits per heavy atom.